The first-order chi connectivity index (χ1) is 9.72. The number of hydrogen-bond acceptors (Lipinski definition) is 4. The molecule has 1 heterocycles. The van der Waals surface area contributed by atoms with Crippen molar-refractivity contribution in [3.8, 4) is 0 Å². The number of carbonyl (C=O) groups is 1. The van der Waals surface area contributed by atoms with Gasteiger partial charge in [-0.3, -0.25) is 4.79 Å². The van der Waals surface area contributed by atoms with Gasteiger partial charge in [-0.2, -0.15) is 4.37 Å². The Kier molecular flexibility index (Phi) is 3.43. The van der Waals surface area contributed by atoms with Crippen LogP contribution in [-0.4, -0.2) is 15.3 Å². The quantitative estimate of drug-likeness (QED) is 0.803. The molecule has 0 unspecified atom stereocenters. The van der Waals surface area contributed by atoms with Gasteiger partial charge in [-0.1, -0.05) is 42.5 Å². The van der Waals surface area contributed by atoms with Gasteiger partial charge in [0.25, 0.3) is 0 Å². The average Bonchev–Trinajstić information content (AvgIpc) is 2.84. The summed E-state index contributed by atoms with van der Waals surface area (Å²) in [6.07, 6.45) is 0.333. The molecule has 0 aliphatic rings. The molecule has 0 saturated heterocycles. The number of benzene rings is 2. The first-order valence-corrected chi connectivity index (χ1v) is 7.06. The summed E-state index contributed by atoms with van der Waals surface area (Å²) in [5.41, 5.74) is 1.02. The molecule has 0 atom stereocenters. The predicted octanol–water partition coefficient (Wildman–Crippen LogP) is 3.18. The molecule has 0 bridgehead atoms. The Balaban J connectivity index is 1.81. The number of carbonyl (C=O) groups excluding carboxylic acids is 1. The van der Waals surface area contributed by atoms with E-state index >= 15 is 0 Å². The van der Waals surface area contributed by atoms with E-state index in [9.17, 15) is 4.79 Å². The van der Waals surface area contributed by atoms with Crippen molar-refractivity contribution < 1.29 is 4.79 Å². The van der Waals surface area contributed by atoms with E-state index in [1.165, 1.54) is 11.5 Å². The molecule has 0 saturated carbocycles. The molecule has 1 aromatic heterocycles. The lowest BCUT2D eigenvalue weighted by Gasteiger charge is -2.06. The summed E-state index contributed by atoms with van der Waals surface area (Å²) in [4.78, 5) is 16.2. The van der Waals surface area contributed by atoms with Crippen molar-refractivity contribution in [2.75, 3.05) is 5.32 Å². The molecule has 0 spiro atoms. The second kappa shape index (κ2) is 5.38. The van der Waals surface area contributed by atoms with Gasteiger partial charge in [-0.15, -0.1) is 0 Å². The molecule has 0 fully saturated rings. The van der Waals surface area contributed by atoms with Crippen LogP contribution in [0.4, 0.5) is 5.13 Å². The first kappa shape index (κ1) is 12.7. The fourth-order valence-electron chi connectivity index (χ4n) is 2.13. The molecule has 4 nitrogen and oxygen atoms in total. The maximum absolute atomic E-state index is 12.1. The van der Waals surface area contributed by atoms with E-state index in [0.717, 1.165) is 16.3 Å². The fourth-order valence-corrected chi connectivity index (χ4v) is 2.72. The predicted molar refractivity (Wildman–Crippen MR) is 80.9 cm³/mol. The van der Waals surface area contributed by atoms with E-state index in [4.69, 9.17) is 0 Å². The highest BCUT2D eigenvalue weighted by Crippen LogP contribution is 2.19. The van der Waals surface area contributed by atoms with E-state index in [1.807, 2.05) is 42.5 Å². The zero-order chi connectivity index (χ0) is 13.9. The van der Waals surface area contributed by atoms with E-state index < -0.39 is 0 Å². The van der Waals surface area contributed by atoms with Crippen molar-refractivity contribution in [2.45, 2.75) is 13.3 Å². The molecule has 0 radical (unpaired) electrons. The maximum Gasteiger partial charge on any atom is 0.230 e. The van der Waals surface area contributed by atoms with E-state index in [-0.39, 0.29) is 5.91 Å². The topological polar surface area (TPSA) is 54.9 Å². The Bertz CT molecular complexity index is 761. The summed E-state index contributed by atoms with van der Waals surface area (Å²) in [5, 5.41) is 5.58. The van der Waals surface area contributed by atoms with Gasteiger partial charge < -0.3 is 5.32 Å². The van der Waals surface area contributed by atoms with Crippen molar-refractivity contribution in [1.29, 1.82) is 0 Å². The molecule has 0 aliphatic heterocycles. The zero-order valence-corrected chi connectivity index (χ0v) is 11.8. The Morgan fingerprint density at radius 2 is 2.00 bits per heavy atom. The number of rotatable bonds is 3. The molecule has 0 aliphatic carbocycles. The van der Waals surface area contributed by atoms with E-state index in [0.29, 0.717) is 17.4 Å². The van der Waals surface area contributed by atoms with Crippen molar-refractivity contribution in [1.82, 2.24) is 9.36 Å². The number of anilines is 1. The molecule has 3 rings (SSSR count). The largest absolute Gasteiger partial charge is 0.300 e. The third kappa shape index (κ3) is 2.67. The van der Waals surface area contributed by atoms with Gasteiger partial charge in [-0.25, -0.2) is 4.98 Å². The Morgan fingerprint density at radius 1 is 1.20 bits per heavy atom. The lowest BCUT2D eigenvalue weighted by atomic mass is 10.0. The van der Waals surface area contributed by atoms with Crippen molar-refractivity contribution >= 4 is 33.3 Å². The van der Waals surface area contributed by atoms with Gasteiger partial charge in [0.15, 0.2) is 0 Å². The minimum absolute atomic E-state index is 0.0718. The molecular weight excluding hydrogens is 270 g/mol. The third-order valence-corrected chi connectivity index (χ3v) is 3.73. The normalized spacial score (nSPS) is 10.7. The summed E-state index contributed by atoms with van der Waals surface area (Å²) in [6, 6.07) is 14.1. The molecule has 1 amide bonds. The number of nitrogens with one attached hydrogen (secondary N) is 1. The summed E-state index contributed by atoms with van der Waals surface area (Å²) in [7, 11) is 0. The highest BCUT2D eigenvalue weighted by Gasteiger charge is 2.09. The van der Waals surface area contributed by atoms with Crippen LogP contribution in [0.2, 0.25) is 0 Å². The van der Waals surface area contributed by atoms with Crippen molar-refractivity contribution in [2.24, 2.45) is 0 Å². The van der Waals surface area contributed by atoms with Crippen molar-refractivity contribution in [3.63, 3.8) is 0 Å². The van der Waals surface area contributed by atoms with Crippen LogP contribution in [0.25, 0.3) is 10.8 Å². The van der Waals surface area contributed by atoms with Crippen LogP contribution in [-0.2, 0) is 11.2 Å². The second-order valence-electron chi connectivity index (χ2n) is 4.51. The molecule has 1 N–H and O–H groups in total. The number of fused-ring (bicyclic) bond motifs is 1. The Hall–Kier alpha value is -2.27. The van der Waals surface area contributed by atoms with Crippen molar-refractivity contribution in [3.05, 3.63) is 53.9 Å². The molecular formula is C15H13N3OS. The van der Waals surface area contributed by atoms with Gasteiger partial charge in [0.05, 0.1) is 6.42 Å². The fraction of sp³-hybridized carbons (Fsp3) is 0.133. The standard InChI is InChI=1S/C15H13N3OS/c1-10-16-15(20-18-10)17-14(19)9-12-7-4-6-11-5-2-3-8-13(11)12/h2-8H,9H2,1H3,(H,16,17,18,19). The van der Waals surface area contributed by atoms with E-state index in [2.05, 4.69) is 14.7 Å². The van der Waals surface area contributed by atoms with Gasteiger partial charge in [0.1, 0.15) is 5.82 Å². The van der Waals surface area contributed by atoms with Crippen LogP contribution in [0.5, 0.6) is 0 Å². The lowest BCUT2D eigenvalue weighted by molar-refractivity contribution is -0.115. The van der Waals surface area contributed by atoms with Gasteiger partial charge in [0, 0.05) is 11.5 Å². The Labute approximate surface area is 120 Å². The summed E-state index contributed by atoms with van der Waals surface area (Å²) >= 11 is 1.20. The van der Waals surface area contributed by atoms with Crippen LogP contribution in [0.3, 0.4) is 0 Å². The molecule has 3 aromatic rings. The van der Waals surface area contributed by atoms with Gasteiger partial charge in [0.2, 0.25) is 11.0 Å². The smallest absolute Gasteiger partial charge is 0.230 e. The number of hydrogen-bond donors (Lipinski definition) is 1. The van der Waals surface area contributed by atoms with Crippen LogP contribution >= 0.6 is 11.5 Å². The summed E-state index contributed by atoms with van der Waals surface area (Å²) in [6.45, 7) is 1.80. The van der Waals surface area contributed by atoms with Gasteiger partial charge >= 0.3 is 0 Å². The second-order valence-corrected chi connectivity index (χ2v) is 5.26. The number of amides is 1. The highest BCUT2D eigenvalue weighted by molar-refractivity contribution is 7.09. The van der Waals surface area contributed by atoms with Crippen LogP contribution in [0, 0.1) is 6.92 Å². The molecule has 5 heteroatoms. The highest BCUT2D eigenvalue weighted by atomic mass is 32.1. The number of aromatic nitrogens is 2. The number of nitrogens with zero attached hydrogens (tertiary/aromatic N) is 2. The zero-order valence-electron chi connectivity index (χ0n) is 11.0. The summed E-state index contributed by atoms with van der Waals surface area (Å²) in [5.74, 6) is 0.605. The van der Waals surface area contributed by atoms with Crippen LogP contribution < -0.4 is 5.32 Å². The molecule has 100 valence electrons. The first-order valence-electron chi connectivity index (χ1n) is 6.29. The van der Waals surface area contributed by atoms with Gasteiger partial charge in [-0.05, 0) is 23.3 Å². The lowest BCUT2D eigenvalue weighted by Crippen LogP contribution is -2.14. The molecule has 2 aromatic carbocycles. The third-order valence-electron chi connectivity index (χ3n) is 3.00. The SMILES string of the molecule is Cc1nsc(NC(=O)Cc2cccc3ccccc23)n1. The monoisotopic (exact) mass is 283 g/mol. The summed E-state index contributed by atoms with van der Waals surface area (Å²) < 4.78 is 4.04. The number of aryl methyl sites for hydroxylation is 1. The van der Waals surface area contributed by atoms with Crippen LogP contribution in [0.15, 0.2) is 42.5 Å². The minimum atomic E-state index is -0.0718. The Morgan fingerprint density at radius 3 is 2.80 bits per heavy atom. The maximum atomic E-state index is 12.1. The molecule has 20 heavy (non-hydrogen) atoms. The van der Waals surface area contributed by atoms with E-state index in [1.54, 1.807) is 6.92 Å². The van der Waals surface area contributed by atoms with Crippen LogP contribution in [0.1, 0.15) is 11.4 Å². The average molecular weight is 283 g/mol. The minimum Gasteiger partial charge on any atom is -0.300 e.